The molecule has 25 heavy (non-hydrogen) atoms. The first-order valence-corrected chi connectivity index (χ1v) is 9.52. The van der Waals surface area contributed by atoms with Crippen LogP contribution in [0.1, 0.15) is 36.3 Å². The van der Waals surface area contributed by atoms with E-state index >= 15 is 0 Å². The number of para-hydroxylation sites is 1. The second-order valence-corrected chi connectivity index (χ2v) is 8.19. The molecule has 0 spiro atoms. The Balaban J connectivity index is 1.79. The lowest BCUT2D eigenvalue weighted by Crippen LogP contribution is -2.37. The van der Waals surface area contributed by atoms with Crippen molar-refractivity contribution in [2.24, 2.45) is 5.41 Å². The first kappa shape index (κ1) is 16.2. The van der Waals surface area contributed by atoms with Crippen LogP contribution in [0.15, 0.2) is 84.0 Å². The van der Waals surface area contributed by atoms with Crippen LogP contribution in [0.3, 0.4) is 0 Å². The molecule has 2 nitrogen and oxygen atoms in total. The summed E-state index contributed by atoms with van der Waals surface area (Å²) in [6.45, 7) is 4.71. The van der Waals surface area contributed by atoms with Crippen molar-refractivity contribution in [3.63, 3.8) is 0 Å². The van der Waals surface area contributed by atoms with Crippen LogP contribution < -0.4 is 5.32 Å². The third-order valence-electron chi connectivity index (χ3n) is 4.97. The number of anilines is 1. The number of fused-ring (bicyclic) bond motifs is 1. The van der Waals surface area contributed by atoms with Crippen molar-refractivity contribution in [1.29, 1.82) is 0 Å². The fourth-order valence-corrected chi connectivity index (χ4v) is 4.95. The molecule has 126 valence electrons. The lowest BCUT2D eigenvalue weighted by Gasteiger charge is -2.46. The number of benzene rings is 2. The summed E-state index contributed by atoms with van der Waals surface area (Å²) in [6.07, 6.45) is 1.87. The highest BCUT2D eigenvalue weighted by atomic mass is 32.2. The summed E-state index contributed by atoms with van der Waals surface area (Å²) in [7, 11) is 0. The smallest absolute Gasteiger partial charge is 0.0965 e. The lowest BCUT2D eigenvalue weighted by atomic mass is 9.72. The third kappa shape index (κ3) is 3.05. The maximum atomic E-state index is 4.55. The van der Waals surface area contributed by atoms with E-state index in [1.54, 1.807) is 0 Å². The van der Waals surface area contributed by atoms with Gasteiger partial charge in [0.25, 0.3) is 0 Å². The van der Waals surface area contributed by atoms with Gasteiger partial charge >= 0.3 is 0 Å². The molecule has 1 aliphatic heterocycles. The van der Waals surface area contributed by atoms with Crippen molar-refractivity contribution >= 4 is 17.4 Å². The molecule has 3 aromatic rings. The Hall–Kier alpha value is -2.26. The van der Waals surface area contributed by atoms with Crippen molar-refractivity contribution in [1.82, 2.24) is 4.98 Å². The quantitative estimate of drug-likeness (QED) is 0.619. The van der Waals surface area contributed by atoms with E-state index in [1.165, 1.54) is 16.8 Å². The molecule has 0 aliphatic carbocycles. The van der Waals surface area contributed by atoms with Gasteiger partial charge in [0, 0.05) is 22.5 Å². The molecule has 0 radical (unpaired) electrons. The van der Waals surface area contributed by atoms with Gasteiger partial charge in [-0.15, -0.1) is 0 Å². The molecule has 0 fully saturated rings. The molecule has 4 rings (SSSR count). The largest absolute Gasteiger partial charge is 0.377 e. The highest BCUT2D eigenvalue weighted by Gasteiger charge is 2.44. The zero-order valence-corrected chi connectivity index (χ0v) is 15.3. The molecule has 3 heteroatoms. The molecular formula is C22H22N2S. The molecule has 2 unspecified atom stereocenters. The topological polar surface area (TPSA) is 24.9 Å². The summed E-state index contributed by atoms with van der Waals surface area (Å²) in [5.41, 5.74) is 3.94. The van der Waals surface area contributed by atoms with E-state index in [0.29, 0.717) is 5.25 Å². The number of hydrogen-bond donors (Lipinski definition) is 1. The number of hydrogen-bond acceptors (Lipinski definition) is 3. The normalized spacial score (nSPS) is 21.2. The van der Waals surface area contributed by atoms with Crippen LogP contribution in [0.4, 0.5) is 5.69 Å². The van der Waals surface area contributed by atoms with Gasteiger partial charge in [-0.1, -0.05) is 80.2 Å². The summed E-state index contributed by atoms with van der Waals surface area (Å²) < 4.78 is 0. The van der Waals surface area contributed by atoms with Crippen molar-refractivity contribution in [2.45, 2.75) is 30.2 Å². The predicted molar refractivity (Wildman–Crippen MR) is 106 cm³/mol. The molecule has 2 atom stereocenters. The predicted octanol–water partition coefficient (Wildman–Crippen LogP) is 6.11. The number of nitrogens with zero attached hydrogens (tertiary/aromatic N) is 1. The van der Waals surface area contributed by atoms with Crippen LogP contribution in [-0.2, 0) is 0 Å². The van der Waals surface area contributed by atoms with Crippen LogP contribution >= 0.6 is 11.8 Å². The minimum Gasteiger partial charge on any atom is -0.377 e. The van der Waals surface area contributed by atoms with Crippen LogP contribution in [0.5, 0.6) is 0 Å². The minimum atomic E-state index is 0.0257. The molecule has 2 aromatic carbocycles. The molecule has 0 saturated heterocycles. The first-order valence-electron chi connectivity index (χ1n) is 8.64. The van der Waals surface area contributed by atoms with Gasteiger partial charge in [0.1, 0.15) is 0 Å². The van der Waals surface area contributed by atoms with Gasteiger partial charge in [-0.25, -0.2) is 4.98 Å². The number of thioether (sulfide) groups is 1. The van der Waals surface area contributed by atoms with Crippen LogP contribution in [0.2, 0.25) is 0 Å². The van der Waals surface area contributed by atoms with Crippen LogP contribution in [0, 0.1) is 5.41 Å². The van der Waals surface area contributed by atoms with E-state index in [2.05, 4.69) is 90.9 Å². The Bertz CT molecular complexity index is 846. The van der Waals surface area contributed by atoms with Gasteiger partial charge in [0.2, 0.25) is 0 Å². The number of pyridine rings is 1. The Morgan fingerprint density at radius 3 is 2.36 bits per heavy atom. The van der Waals surface area contributed by atoms with E-state index in [-0.39, 0.29) is 11.5 Å². The van der Waals surface area contributed by atoms with E-state index in [9.17, 15) is 0 Å². The molecule has 0 amide bonds. The van der Waals surface area contributed by atoms with Crippen LogP contribution in [0.25, 0.3) is 0 Å². The van der Waals surface area contributed by atoms with E-state index < -0.39 is 0 Å². The maximum absolute atomic E-state index is 4.55. The van der Waals surface area contributed by atoms with E-state index in [0.717, 1.165) is 5.03 Å². The average Bonchev–Trinajstić information content (AvgIpc) is 2.65. The summed E-state index contributed by atoms with van der Waals surface area (Å²) in [6, 6.07) is 25.8. The van der Waals surface area contributed by atoms with Crippen molar-refractivity contribution in [2.75, 3.05) is 5.32 Å². The monoisotopic (exact) mass is 346 g/mol. The van der Waals surface area contributed by atoms with E-state index in [4.69, 9.17) is 0 Å². The highest BCUT2D eigenvalue weighted by Crippen LogP contribution is 2.58. The molecule has 0 bridgehead atoms. The summed E-state index contributed by atoms with van der Waals surface area (Å²) in [5.74, 6) is 0. The third-order valence-corrected chi connectivity index (χ3v) is 6.55. The summed E-state index contributed by atoms with van der Waals surface area (Å²) in [5, 5.41) is 5.18. The Morgan fingerprint density at radius 2 is 1.60 bits per heavy atom. The number of rotatable bonds is 3. The minimum absolute atomic E-state index is 0.0257. The molecular weight excluding hydrogens is 324 g/mol. The molecule has 1 aliphatic rings. The molecule has 2 heterocycles. The Morgan fingerprint density at radius 1 is 0.880 bits per heavy atom. The molecule has 1 N–H and O–H groups in total. The number of aromatic nitrogens is 1. The van der Waals surface area contributed by atoms with Gasteiger partial charge in [-0.05, 0) is 29.3 Å². The van der Waals surface area contributed by atoms with Gasteiger partial charge < -0.3 is 5.32 Å². The van der Waals surface area contributed by atoms with Crippen LogP contribution in [-0.4, -0.2) is 4.98 Å². The number of nitrogens with one attached hydrogen (secondary N) is 1. The van der Waals surface area contributed by atoms with Crippen molar-refractivity contribution in [3.8, 4) is 0 Å². The van der Waals surface area contributed by atoms with E-state index in [1.807, 2.05) is 24.0 Å². The average molecular weight is 346 g/mol. The standard InChI is InChI=1S/C22H22N2S/c1-22(2)20(16-10-4-3-5-11-16)24-18-13-7-6-12-17(18)21(22)25-19-14-8-9-15-23-19/h3-15,20-21,24H,1-2H3. The van der Waals surface area contributed by atoms with Gasteiger partial charge in [-0.3, -0.25) is 0 Å². The fraction of sp³-hybridized carbons (Fsp3) is 0.227. The maximum Gasteiger partial charge on any atom is 0.0965 e. The first-order chi connectivity index (χ1) is 12.2. The fourth-order valence-electron chi connectivity index (χ4n) is 3.66. The summed E-state index contributed by atoms with van der Waals surface area (Å²) >= 11 is 1.86. The van der Waals surface area contributed by atoms with Gasteiger partial charge in [0.05, 0.1) is 11.1 Å². The van der Waals surface area contributed by atoms with Gasteiger partial charge in [0.15, 0.2) is 0 Å². The van der Waals surface area contributed by atoms with Crippen molar-refractivity contribution < 1.29 is 0 Å². The SMILES string of the molecule is CC1(C)C(c2ccccc2)Nc2ccccc2C1Sc1ccccn1. The van der Waals surface area contributed by atoms with Crippen molar-refractivity contribution in [3.05, 3.63) is 90.1 Å². The highest BCUT2D eigenvalue weighted by molar-refractivity contribution is 7.99. The Kier molecular flexibility index (Phi) is 4.26. The summed E-state index contributed by atoms with van der Waals surface area (Å²) in [4.78, 5) is 4.55. The molecule has 1 aromatic heterocycles. The molecule has 0 saturated carbocycles. The second-order valence-electron chi connectivity index (χ2n) is 7.06. The lowest BCUT2D eigenvalue weighted by molar-refractivity contribution is 0.288. The Labute approximate surface area is 153 Å². The van der Waals surface area contributed by atoms with Gasteiger partial charge in [-0.2, -0.15) is 0 Å². The zero-order valence-electron chi connectivity index (χ0n) is 14.5. The second kappa shape index (κ2) is 6.57. The zero-order chi connectivity index (χ0) is 17.3.